The number of aromatic nitrogens is 2. The number of nitrogens with one attached hydrogen (secondary N) is 2. The Bertz CT molecular complexity index is 978. The Balaban J connectivity index is 1.75. The molecule has 0 saturated heterocycles. The Labute approximate surface area is 174 Å². The molecule has 30 heavy (non-hydrogen) atoms. The number of aryl methyl sites for hydroxylation is 1. The first-order valence-corrected chi connectivity index (χ1v) is 9.70. The minimum Gasteiger partial charge on any atom is -0.463 e. The molecule has 9 nitrogen and oxygen atoms in total. The Morgan fingerprint density at radius 3 is 2.43 bits per heavy atom. The van der Waals surface area contributed by atoms with Crippen molar-refractivity contribution in [1.82, 2.24) is 20.4 Å². The van der Waals surface area contributed by atoms with E-state index in [2.05, 4.69) is 15.7 Å². The Morgan fingerprint density at radius 1 is 1.10 bits per heavy atom. The minimum atomic E-state index is -0.574. The van der Waals surface area contributed by atoms with Crippen molar-refractivity contribution in [3.8, 4) is 5.69 Å². The molecular formula is C21H24N4O5. The fraction of sp³-hybridized carbons (Fsp3) is 0.333. The third kappa shape index (κ3) is 4.51. The molecule has 3 rings (SSSR count). The summed E-state index contributed by atoms with van der Waals surface area (Å²) in [5.41, 5.74) is 2.61. The molecule has 2 amide bonds. The van der Waals surface area contributed by atoms with Crippen LogP contribution in [0.25, 0.3) is 5.69 Å². The maximum Gasteiger partial charge on any atom is 0.338 e. The lowest BCUT2D eigenvalue weighted by atomic mass is 10.0. The molecule has 0 fully saturated rings. The molecule has 0 unspecified atom stereocenters. The maximum atomic E-state index is 12.5. The van der Waals surface area contributed by atoms with Gasteiger partial charge in [-0.2, -0.15) is 5.10 Å². The molecule has 0 aliphatic carbocycles. The van der Waals surface area contributed by atoms with Gasteiger partial charge in [0.1, 0.15) is 6.61 Å². The van der Waals surface area contributed by atoms with Gasteiger partial charge < -0.3 is 20.1 Å². The van der Waals surface area contributed by atoms with Gasteiger partial charge in [-0.05, 0) is 50.6 Å². The number of ether oxygens (including phenoxy) is 2. The van der Waals surface area contributed by atoms with Crippen LogP contribution in [-0.2, 0) is 14.3 Å². The quantitative estimate of drug-likeness (QED) is 0.675. The number of nitrogens with zero attached hydrogens (tertiary/aromatic N) is 2. The molecule has 1 aromatic heterocycles. The number of carbonyl (C=O) groups excluding carboxylic acids is 3. The molecule has 2 heterocycles. The molecule has 9 heteroatoms. The van der Waals surface area contributed by atoms with Crippen LogP contribution < -0.4 is 10.6 Å². The summed E-state index contributed by atoms with van der Waals surface area (Å²) in [6.45, 7) is 5.41. The summed E-state index contributed by atoms with van der Waals surface area (Å²) in [7, 11) is 0. The highest BCUT2D eigenvalue weighted by Gasteiger charge is 2.32. The lowest BCUT2D eigenvalue weighted by Crippen LogP contribution is -2.51. The van der Waals surface area contributed by atoms with Crippen molar-refractivity contribution < 1.29 is 23.9 Å². The predicted molar refractivity (Wildman–Crippen MR) is 108 cm³/mol. The maximum absolute atomic E-state index is 12.5. The van der Waals surface area contributed by atoms with Gasteiger partial charge in [-0.3, -0.25) is 0 Å². The summed E-state index contributed by atoms with van der Waals surface area (Å²) < 4.78 is 12.2. The number of rotatable bonds is 7. The average molecular weight is 412 g/mol. The zero-order valence-corrected chi connectivity index (χ0v) is 17.1. The Hall–Kier alpha value is -3.62. The van der Waals surface area contributed by atoms with Crippen LogP contribution in [0.1, 0.15) is 36.3 Å². The average Bonchev–Trinajstić information content (AvgIpc) is 3.17. The third-order valence-electron chi connectivity index (χ3n) is 4.67. The minimum absolute atomic E-state index is 0.196. The smallest absolute Gasteiger partial charge is 0.338 e. The van der Waals surface area contributed by atoms with Crippen molar-refractivity contribution >= 4 is 18.0 Å². The molecule has 0 saturated carbocycles. The van der Waals surface area contributed by atoms with E-state index in [0.717, 1.165) is 11.4 Å². The van der Waals surface area contributed by atoms with Crippen molar-refractivity contribution in [1.29, 1.82) is 0 Å². The Morgan fingerprint density at radius 2 is 1.83 bits per heavy atom. The lowest BCUT2D eigenvalue weighted by Gasteiger charge is -2.28. The van der Waals surface area contributed by atoms with Crippen LogP contribution in [0.2, 0.25) is 0 Å². The van der Waals surface area contributed by atoms with Gasteiger partial charge in [0.05, 0.1) is 35.2 Å². The van der Waals surface area contributed by atoms with E-state index in [1.54, 1.807) is 42.1 Å². The van der Waals surface area contributed by atoms with E-state index < -0.39 is 24.0 Å². The van der Waals surface area contributed by atoms with E-state index in [9.17, 15) is 14.4 Å². The molecule has 2 N–H and O–H groups in total. The van der Waals surface area contributed by atoms with Gasteiger partial charge in [0.15, 0.2) is 0 Å². The van der Waals surface area contributed by atoms with Crippen LogP contribution in [0.15, 0.2) is 47.8 Å². The first-order valence-electron chi connectivity index (χ1n) is 9.70. The number of urea groups is 1. The van der Waals surface area contributed by atoms with E-state index >= 15 is 0 Å². The van der Waals surface area contributed by atoms with E-state index in [0.29, 0.717) is 12.0 Å². The van der Waals surface area contributed by atoms with E-state index in [-0.39, 0.29) is 24.5 Å². The van der Waals surface area contributed by atoms with Gasteiger partial charge >= 0.3 is 18.0 Å². The molecule has 0 radical (unpaired) electrons. The zero-order valence-electron chi connectivity index (χ0n) is 17.1. The summed E-state index contributed by atoms with van der Waals surface area (Å²) in [5, 5.41) is 9.45. The summed E-state index contributed by atoms with van der Waals surface area (Å²) in [6.07, 6.45) is 2.19. The van der Waals surface area contributed by atoms with Crippen LogP contribution >= 0.6 is 0 Å². The van der Waals surface area contributed by atoms with Crippen LogP contribution in [0, 0.1) is 6.92 Å². The van der Waals surface area contributed by atoms with Crippen LogP contribution in [0.4, 0.5) is 4.79 Å². The van der Waals surface area contributed by atoms with E-state index in [4.69, 9.17) is 9.47 Å². The predicted octanol–water partition coefficient (Wildman–Crippen LogP) is 2.25. The summed E-state index contributed by atoms with van der Waals surface area (Å²) >= 11 is 0. The first kappa shape index (κ1) is 21.1. The topological polar surface area (TPSA) is 112 Å². The molecule has 0 spiro atoms. The highest BCUT2D eigenvalue weighted by molar-refractivity contribution is 5.95. The fourth-order valence-corrected chi connectivity index (χ4v) is 3.18. The summed E-state index contributed by atoms with van der Waals surface area (Å²) in [5.74, 6) is -1.13. The molecule has 1 aliphatic heterocycles. The number of amides is 2. The standard InChI is InChI=1S/C21H24N4O5/c1-4-16-18(20(27)29-5-2)17(24-21(28)23-16)12-30-19(26)14-6-8-15(9-7-14)25-13(3)10-11-22-25/h6-11,16H,4-5,12H2,1-3H3,(H2,23,24,28)/t16-/m0/s1. The van der Waals surface area contributed by atoms with Gasteiger partial charge in [0.2, 0.25) is 0 Å². The number of carbonyl (C=O) groups is 3. The second-order valence-electron chi connectivity index (χ2n) is 6.68. The number of benzene rings is 1. The molecule has 1 aliphatic rings. The highest BCUT2D eigenvalue weighted by Crippen LogP contribution is 2.18. The van der Waals surface area contributed by atoms with Gasteiger partial charge in [0, 0.05) is 11.9 Å². The molecule has 2 aromatic rings. The first-order chi connectivity index (χ1) is 14.4. The van der Waals surface area contributed by atoms with Gasteiger partial charge in [-0.25, -0.2) is 19.1 Å². The number of hydrogen-bond acceptors (Lipinski definition) is 6. The van der Waals surface area contributed by atoms with Crippen LogP contribution in [0.3, 0.4) is 0 Å². The number of esters is 2. The van der Waals surface area contributed by atoms with Crippen LogP contribution in [0.5, 0.6) is 0 Å². The molecule has 1 aromatic carbocycles. The van der Waals surface area contributed by atoms with E-state index in [1.807, 2.05) is 19.9 Å². The third-order valence-corrected chi connectivity index (χ3v) is 4.67. The highest BCUT2D eigenvalue weighted by atomic mass is 16.5. The van der Waals surface area contributed by atoms with Gasteiger partial charge in [0.25, 0.3) is 0 Å². The Kier molecular flexibility index (Phi) is 6.51. The lowest BCUT2D eigenvalue weighted by molar-refractivity contribution is -0.139. The van der Waals surface area contributed by atoms with Gasteiger partial charge in [-0.15, -0.1) is 0 Å². The largest absolute Gasteiger partial charge is 0.463 e. The monoisotopic (exact) mass is 412 g/mol. The normalized spacial score (nSPS) is 16.0. The molecule has 0 bridgehead atoms. The van der Waals surface area contributed by atoms with Gasteiger partial charge in [-0.1, -0.05) is 6.92 Å². The van der Waals surface area contributed by atoms with Crippen molar-refractivity contribution in [3.63, 3.8) is 0 Å². The summed E-state index contributed by atoms with van der Waals surface area (Å²) in [6, 6.07) is 7.71. The SMILES string of the molecule is CCOC(=O)C1=C(COC(=O)c2ccc(-n3nccc3C)cc2)NC(=O)N[C@H]1CC. The van der Waals surface area contributed by atoms with Crippen molar-refractivity contribution in [3.05, 3.63) is 59.1 Å². The second kappa shape index (κ2) is 9.25. The van der Waals surface area contributed by atoms with Crippen molar-refractivity contribution in [2.24, 2.45) is 0 Å². The second-order valence-corrected chi connectivity index (χ2v) is 6.68. The van der Waals surface area contributed by atoms with Crippen molar-refractivity contribution in [2.45, 2.75) is 33.2 Å². The molecule has 1 atom stereocenters. The molecule has 158 valence electrons. The molecular weight excluding hydrogens is 388 g/mol. The zero-order chi connectivity index (χ0) is 21.7. The fourth-order valence-electron chi connectivity index (χ4n) is 3.18. The van der Waals surface area contributed by atoms with Crippen LogP contribution in [-0.4, -0.2) is 47.0 Å². The summed E-state index contributed by atoms with van der Waals surface area (Å²) in [4.78, 5) is 36.7. The van der Waals surface area contributed by atoms with Crippen molar-refractivity contribution in [2.75, 3.05) is 13.2 Å². The van der Waals surface area contributed by atoms with E-state index in [1.165, 1.54) is 0 Å². The number of hydrogen-bond donors (Lipinski definition) is 2.